The van der Waals surface area contributed by atoms with Gasteiger partial charge in [0.2, 0.25) is 0 Å². The van der Waals surface area contributed by atoms with Crippen molar-refractivity contribution >= 4 is 5.96 Å². The monoisotopic (exact) mass is 253 g/mol. The molecule has 2 aliphatic carbocycles. The van der Waals surface area contributed by atoms with Gasteiger partial charge in [0.05, 0.1) is 6.10 Å². The second kappa shape index (κ2) is 6.98. The minimum atomic E-state index is 0.509. The molecule has 0 amide bonds. The van der Waals surface area contributed by atoms with Gasteiger partial charge in [0.25, 0.3) is 0 Å². The van der Waals surface area contributed by atoms with E-state index in [1.807, 2.05) is 7.05 Å². The Morgan fingerprint density at radius 3 is 2.61 bits per heavy atom. The summed E-state index contributed by atoms with van der Waals surface area (Å²) in [4.78, 5) is 6.51. The van der Waals surface area contributed by atoms with Crippen molar-refractivity contribution in [2.45, 2.75) is 63.5 Å². The molecule has 0 saturated heterocycles. The molecule has 0 atom stereocenters. The topological polar surface area (TPSA) is 50.8 Å². The third kappa shape index (κ3) is 4.48. The lowest BCUT2D eigenvalue weighted by Gasteiger charge is -2.21. The van der Waals surface area contributed by atoms with E-state index in [-0.39, 0.29) is 0 Å². The van der Waals surface area contributed by atoms with Gasteiger partial charge >= 0.3 is 0 Å². The molecule has 0 radical (unpaired) electrons. The number of hydrogen-bond donors (Lipinski definition) is 1. The average Bonchev–Trinajstić information content (AvgIpc) is 3.23. The number of nitrogens with zero attached hydrogens (tertiary/aromatic N) is 2. The Balaban J connectivity index is 1.53. The molecule has 2 N–H and O–H groups in total. The van der Waals surface area contributed by atoms with Crippen LogP contribution in [0.25, 0.3) is 0 Å². The number of hydrogen-bond acceptors (Lipinski definition) is 2. The van der Waals surface area contributed by atoms with Crippen molar-refractivity contribution in [1.82, 2.24) is 4.90 Å². The molecule has 0 aromatic rings. The van der Waals surface area contributed by atoms with Gasteiger partial charge in [0, 0.05) is 26.2 Å². The average molecular weight is 253 g/mol. The van der Waals surface area contributed by atoms with Gasteiger partial charge in [0.1, 0.15) is 0 Å². The third-order valence-electron chi connectivity index (χ3n) is 3.94. The first-order valence-corrected chi connectivity index (χ1v) is 7.41. The maximum absolute atomic E-state index is 5.92. The van der Waals surface area contributed by atoms with E-state index < -0.39 is 0 Å². The van der Waals surface area contributed by atoms with Gasteiger partial charge in [-0.15, -0.1) is 0 Å². The van der Waals surface area contributed by atoms with Crippen molar-refractivity contribution in [2.24, 2.45) is 10.7 Å². The summed E-state index contributed by atoms with van der Waals surface area (Å²) < 4.78 is 5.86. The lowest BCUT2D eigenvalue weighted by atomic mass is 9.98. The molecular formula is C14H27N3O. The first-order chi connectivity index (χ1) is 8.77. The minimum absolute atomic E-state index is 0.509. The summed E-state index contributed by atoms with van der Waals surface area (Å²) in [6.45, 7) is 1.62. The van der Waals surface area contributed by atoms with E-state index in [2.05, 4.69) is 9.89 Å². The fourth-order valence-electron chi connectivity index (χ4n) is 2.50. The van der Waals surface area contributed by atoms with Gasteiger partial charge in [0.15, 0.2) is 5.96 Å². The van der Waals surface area contributed by atoms with Crippen molar-refractivity contribution in [2.75, 3.05) is 20.2 Å². The largest absolute Gasteiger partial charge is 0.378 e. The molecular weight excluding hydrogens is 226 g/mol. The quantitative estimate of drug-likeness (QED) is 0.448. The van der Waals surface area contributed by atoms with E-state index in [1.54, 1.807) is 0 Å². The zero-order chi connectivity index (χ0) is 12.8. The number of guanidine groups is 1. The van der Waals surface area contributed by atoms with Crippen LogP contribution < -0.4 is 5.73 Å². The van der Waals surface area contributed by atoms with Gasteiger partial charge < -0.3 is 15.4 Å². The Hall–Kier alpha value is -0.770. The Bertz CT molecular complexity index is 270. The molecule has 0 bridgehead atoms. The molecule has 0 heterocycles. The smallest absolute Gasteiger partial charge is 0.191 e. The van der Waals surface area contributed by atoms with Crippen LogP contribution in [0.5, 0.6) is 0 Å². The van der Waals surface area contributed by atoms with E-state index >= 15 is 0 Å². The van der Waals surface area contributed by atoms with Crippen LogP contribution >= 0.6 is 0 Å². The maximum Gasteiger partial charge on any atom is 0.191 e. The maximum atomic E-state index is 5.92. The van der Waals surface area contributed by atoms with Crippen LogP contribution in [-0.2, 0) is 4.74 Å². The zero-order valence-corrected chi connectivity index (χ0v) is 11.6. The van der Waals surface area contributed by atoms with Gasteiger partial charge in [-0.05, 0) is 32.1 Å². The SMILES string of the molecule is CN(C(N)=NCCCOC1CCCCC1)C1CC1. The predicted molar refractivity (Wildman–Crippen MR) is 74.7 cm³/mol. The molecule has 104 valence electrons. The zero-order valence-electron chi connectivity index (χ0n) is 11.6. The van der Waals surface area contributed by atoms with Crippen molar-refractivity contribution in [3.63, 3.8) is 0 Å². The fraction of sp³-hybridized carbons (Fsp3) is 0.929. The standard InChI is InChI=1S/C14H27N3O/c1-17(12-8-9-12)14(15)16-10-5-11-18-13-6-3-2-4-7-13/h12-13H,2-11H2,1H3,(H2,15,16). The van der Waals surface area contributed by atoms with E-state index in [9.17, 15) is 0 Å². The highest BCUT2D eigenvalue weighted by molar-refractivity contribution is 5.78. The number of aliphatic imine (C=N–C) groups is 1. The molecule has 2 fully saturated rings. The summed E-state index contributed by atoms with van der Waals surface area (Å²) in [5.74, 6) is 0.690. The van der Waals surface area contributed by atoms with E-state index in [4.69, 9.17) is 10.5 Å². The van der Waals surface area contributed by atoms with E-state index in [0.29, 0.717) is 18.1 Å². The number of ether oxygens (including phenoxy) is 1. The summed E-state index contributed by atoms with van der Waals surface area (Å²) in [5.41, 5.74) is 5.92. The minimum Gasteiger partial charge on any atom is -0.378 e. The van der Waals surface area contributed by atoms with Crippen LogP contribution in [0.15, 0.2) is 4.99 Å². The lowest BCUT2D eigenvalue weighted by Crippen LogP contribution is -2.35. The normalized spacial score (nSPS) is 22.2. The molecule has 0 spiro atoms. The Labute approximate surface area is 111 Å². The highest BCUT2D eigenvalue weighted by Crippen LogP contribution is 2.24. The summed E-state index contributed by atoms with van der Waals surface area (Å²) in [5, 5.41) is 0. The van der Waals surface area contributed by atoms with Gasteiger partial charge in [-0.25, -0.2) is 0 Å². The Morgan fingerprint density at radius 1 is 1.22 bits per heavy atom. The summed E-state index contributed by atoms with van der Waals surface area (Å²) in [6.07, 6.45) is 10.6. The molecule has 2 rings (SSSR count). The van der Waals surface area contributed by atoms with Crippen molar-refractivity contribution in [3.05, 3.63) is 0 Å². The predicted octanol–water partition coefficient (Wildman–Crippen LogP) is 2.13. The van der Waals surface area contributed by atoms with Crippen LogP contribution in [0, 0.1) is 0 Å². The van der Waals surface area contributed by atoms with Crippen molar-refractivity contribution in [3.8, 4) is 0 Å². The van der Waals surface area contributed by atoms with Crippen LogP contribution in [0.2, 0.25) is 0 Å². The van der Waals surface area contributed by atoms with Gasteiger partial charge in [-0.1, -0.05) is 19.3 Å². The second-order valence-electron chi connectivity index (χ2n) is 5.57. The molecule has 4 heteroatoms. The van der Waals surface area contributed by atoms with Crippen molar-refractivity contribution < 1.29 is 4.74 Å². The first-order valence-electron chi connectivity index (χ1n) is 7.41. The van der Waals surface area contributed by atoms with Gasteiger partial charge in [-0.2, -0.15) is 0 Å². The van der Waals surface area contributed by atoms with Gasteiger partial charge in [-0.3, -0.25) is 4.99 Å². The molecule has 0 unspecified atom stereocenters. The highest BCUT2D eigenvalue weighted by Gasteiger charge is 2.27. The van der Waals surface area contributed by atoms with Crippen molar-refractivity contribution in [1.29, 1.82) is 0 Å². The number of rotatable bonds is 6. The second-order valence-corrected chi connectivity index (χ2v) is 5.57. The van der Waals surface area contributed by atoms with E-state index in [0.717, 1.165) is 19.6 Å². The van der Waals surface area contributed by atoms with Crippen LogP contribution in [0.1, 0.15) is 51.4 Å². The fourth-order valence-corrected chi connectivity index (χ4v) is 2.50. The highest BCUT2D eigenvalue weighted by atomic mass is 16.5. The summed E-state index contributed by atoms with van der Waals surface area (Å²) >= 11 is 0. The number of nitrogens with two attached hydrogens (primary N) is 1. The summed E-state index contributed by atoms with van der Waals surface area (Å²) in [6, 6.07) is 0.646. The molecule has 0 aliphatic heterocycles. The van der Waals surface area contributed by atoms with Crippen LogP contribution in [-0.4, -0.2) is 43.2 Å². The third-order valence-corrected chi connectivity index (χ3v) is 3.94. The van der Waals surface area contributed by atoms with Crippen LogP contribution in [0.3, 0.4) is 0 Å². The molecule has 18 heavy (non-hydrogen) atoms. The molecule has 4 nitrogen and oxygen atoms in total. The molecule has 0 aromatic carbocycles. The Morgan fingerprint density at radius 2 is 1.94 bits per heavy atom. The Kier molecular flexibility index (Phi) is 5.29. The first kappa shape index (κ1) is 13.7. The molecule has 0 aromatic heterocycles. The molecule has 2 aliphatic rings. The van der Waals surface area contributed by atoms with E-state index in [1.165, 1.54) is 44.9 Å². The lowest BCUT2D eigenvalue weighted by molar-refractivity contribution is 0.0281. The summed E-state index contributed by atoms with van der Waals surface area (Å²) in [7, 11) is 2.04. The van der Waals surface area contributed by atoms with Crippen LogP contribution in [0.4, 0.5) is 0 Å². The molecule has 2 saturated carbocycles.